The minimum atomic E-state index is 0.546. The van der Waals surface area contributed by atoms with E-state index in [0.717, 1.165) is 17.0 Å². The Bertz CT molecular complexity index is 546. The molecule has 2 aromatic rings. The van der Waals surface area contributed by atoms with Gasteiger partial charge in [0.05, 0.1) is 0 Å². The van der Waals surface area contributed by atoms with Gasteiger partial charge in [0, 0.05) is 5.69 Å². The molecule has 2 nitrogen and oxygen atoms in total. The summed E-state index contributed by atoms with van der Waals surface area (Å²) in [6, 6.07) is 16.2. The molecule has 0 aliphatic carbocycles. The first-order chi connectivity index (χ1) is 9.56. The molecule has 2 rings (SSSR count). The van der Waals surface area contributed by atoms with E-state index in [-0.39, 0.29) is 0 Å². The smallest absolute Gasteiger partial charge is 0.119 e. The van der Waals surface area contributed by atoms with Crippen LogP contribution in [0.3, 0.4) is 0 Å². The maximum absolute atomic E-state index is 5.79. The highest BCUT2D eigenvalue weighted by Crippen LogP contribution is 2.25. The molecule has 0 aliphatic rings. The highest BCUT2D eigenvalue weighted by atomic mass is 16.5. The van der Waals surface area contributed by atoms with Crippen LogP contribution in [0.25, 0.3) is 0 Å². The lowest BCUT2D eigenvalue weighted by Gasteiger charge is -2.16. The predicted molar refractivity (Wildman–Crippen MR) is 84.9 cm³/mol. The molecule has 0 amide bonds. The van der Waals surface area contributed by atoms with Gasteiger partial charge < -0.3 is 10.5 Å². The lowest BCUT2D eigenvalue weighted by Crippen LogP contribution is -2.02. The Morgan fingerprint density at radius 3 is 2.30 bits per heavy atom. The van der Waals surface area contributed by atoms with E-state index in [1.165, 1.54) is 5.56 Å². The van der Waals surface area contributed by atoms with Crippen molar-refractivity contribution in [3.8, 4) is 5.75 Å². The second kappa shape index (κ2) is 6.47. The first kappa shape index (κ1) is 14.4. The number of benzene rings is 2. The van der Waals surface area contributed by atoms with Crippen molar-refractivity contribution in [3.63, 3.8) is 0 Å². The van der Waals surface area contributed by atoms with Crippen LogP contribution in [-0.4, -0.2) is 0 Å². The number of rotatable bonds is 5. The normalized spacial score (nSPS) is 12.4. The van der Waals surface area contributed by atoms with Crippen LogP contribution in [0, 0.1) is 5.92 Å². The average Bonchev–Trinajstić information content (AvgIpc) is 2.45. The summed E-state index contributed by atoms with van der Waals surface area (Å²) < 4.78 is 5.79. The quantitative estimate of drug-likeness (QED) is 0.805. The number of ether oxygens (including phenoxy) is 1. The first-order valence-electron chi connectivity index (χ1n) is 7.13. The SMILES string of the molecule is CC(C)C(C)c1ccc(OCc2cccc(N)c2)cc1. The Morgan fingerprint density at radius 1 is 1.00 bits per heavy atom. The minimum Gasteiger partial charge on any atom is -0.489 e. The molecular formula is C18H23NO. The van der Waals surface area contributed by atoms with Crippen molar-refractivity contribution in [3.05, 3.63) is 59.7 Å². The topological polar surface area (TPSA) is 35.2 Å². The van der Waals surface area contributed by atoms with E-state index >= 15 is 0 Å². The summed E-state index contributed by atoms with van der Waals surface area (Å²) in [6.45, 7) is 7.29. The van der Waals surface area contributed by atoms with Gasteiger partial charge in [-0.1, -0.05) is 45.0 Å². The summed E-state index contributed by atoms with van der Waals surface area (Å²) in [5.41, 5.74) is 8.97. The van der Waals surface area contributed by atoms with Crippen molar-refractivity contribution < 1.29 is 4.74 Å². The number of nitrogen functional groups attached to an aromatic ring is 1. The molecule has 0 bridgehead atoms. The molecule has 2 heteroatoms. The highest BCUT2D eigenvalue weighted by Gasteiger charge is 2.09. The van der Waals surface area contributed by atoms with Crippen LogP contribution >= 0.6 is 0 Å². The Kier molecular flexibility index (Phi) is 4.67. The molecule has 2 N–H and O–H groups in total. The Labute approximate surface area is 121 Å². The van der Waals surface area contributed by atoms with Crippen molar-refractivity contribution in [2.75, 3.05) is 5.73 Å². The lowest BCUT2D eigenvalue weighted by molar-refractivity contribution is 0.306. The van der Waals surface area contributed by atoms with E-state index in [1.54, 1.807) is 0 Å². The fourth-order valence-corrected chi connectivity index (χ4v) is 2.10. The van der Waals surface area contributed by atoms with Gasteiger partial charge in [0.1, 0.15) is 12.4 Å². The molecule has 0 aliphatic heterocycles. The van der Waals surface area contributed by atoms with E-state index < -0.39 is 0 Å². The molecule has 1 atom stereocenters. The van der Waals surface area contributed by atoms with Crippen LogP contribution < -0.4 is 10.5 Å². The van der Waals surface area contributed by atoms with Gasteiger partial charge in [0.2, 0.25) is 0 Å². The number of nitrogens with two attached hydrogens (primary N) is 1. The molecule has 0 saturated carbocycles. The third-order valence-electron chi connectivity index (χ3n) is 3.76. The fraction of sp³-hybridized carbons (Fsp3) is 0.333. The summed E-state index contributed by atoms with van der Waals surface area (Å²) >= 11 is 0. The van der Waals surface area contributed by atoms with E-state index in [9.17, 15) is 0 Å². The fourth-order valence-electron chi connectivity index (χ4n) is 2.10. The first-order valence-corrected chi connectivity index (χ1v) is 7.13. The maximum Gasteiger partial charge on any atom is 0.119 e. The van der Waals surface area contributed by atoms with Crippen molar-refractivity contribution in [1.29, 1.82) is 0 Å². The van der Waals surface area contributed by atoms with Gasteiger partial charge >= 0.3 is 0 Å². The molecule has 0 radical (unpaired) electrons. The van der Waals surface area contributed by atoms with Crippen LogP contribution in [0.15, 0.2) is 48.5 Å². The zero-order valence-corrected chi connectivity index (χ0v) is 12.5. The molecule has 2 aromatic carbocycles. The van der Waals surface area contributed by atoms with E-state index in [2.05, 4.69) is 32.9 Å². The van der Waals surface area contributed by atoms with Gasteiger partial charge in [-0.2, -0.15) is 0 Å². The molecular weight excluding hydrogens is 246 g/mol. The molecule has 0 saturated heterocycles. The summed E-state index contributed by atoms with van der Waals surface area (Å²) in [6.07, 6.45) is 0. The Hall–Kier alpha value is -1.96. The van der Waals surface area contributed by atoms with Gasteiger partial charge in [0.15, 0.2) is 0 Å². The van der Waals surface area contributed by atoms with E-state index in [0.29, 0.717) is 18.4 Å². The van der Waals surface area contributed by atoms with Crippen molar-refractivity contribution in [2.24, 2.45) is 5.92 Å². The average molecular weight is 269 g/mol. The predicted octanol–water partition coefficient (Wildman–Crippen LogP) is 4.61. The minimum absolute atomic E-state index is 0.546. The third kappa shape index (κ3) is 3.77. The highest BCUT2D eigenvalue weighted by molar-refractivity contribution is 5.40. The van der Waals surface area contributed by atoms with E-state index in [1.807, 2.05) is 36.4 Å². The maximum atomic E-state index is 5.79. The summed E-state index contributed by atoms with van der Waals surface area (Å²) in [5.74, 6) is 2.11. The third-order valence-corrected chi connectivity index (χ3v) is 3.76. The number of hydrogen-bond donors (Lipinski definition) is 1. The van der Waals surface area contributed by atoms with E-state index in [4.69, 9.17) is 10.5 Å². The molecule has 0 aromatic heterocycles. The molecule has 20 heavy (non-hydrogen) atoms. The number of hydrogen-bond acceptors (Lipinski definition) is 2. The van der Waals surface area contributed by atoms with Crippen LogP contribution in [-0.2, 0) is 6.61 Å². The van der Waals surface area contributed by atoms with Crippen LogP contribution in [0.4, 0.5) is 5.69 Å². The molecule has 0 fully saturated rings. The Morgan fingerprint density at radius 2 is 1.70 bits per heavy atom. The zero-order chi connectivity index (χ0) is 14.5. The molecule has 106 valence electrons. The van der Waals surface area contributed by atoms with Crippen LogP contribution in [0.1, 0.15) is 37.8 Å². The van der Waals surface area contributed by atoms with Gasteiger partial charge in [0.25, 0.3) is 0 Å². The standard InChI is InChI=1S/C18H23NO/c1-13(2)14(3)16-7-9-18(10-8-16)20-12-15-5-4-6-17(19)11-15/h4-11,13-14H,12,19H2,1-3H3. The van der Waals surface area contributed by atoms with Crippen molar-refractivity contribution in [2.45, 2.75) is 33.3 Å². The largest absolute Gasteiger partial charge is 0.489 e. The van der Waals surface area contributed by atoms with Gasteiger partial charge in [-0.15, -0.1) is 0 Å². The molecule has 1 unspecified atom stereocenters. The summed E-state index contributed by atoms with van der Waals surface area (Å²) in [7, 11) is 0. The number of anilines is 1. The van der Waals surface area contributed by atoms with Gasteiger partial charge in [-0.3, -0.25) is 0 Å². The summed E-state index contributed by atoms with van der Waals surface area (Å²) in [5, 5.41) is 0. The molecule has 0 spiro atoms. The van der Waals surface area contributed by atoms with Crippen LogP contribution in [0.2, 0.25) is 0 Å². The van der Waals surface area contributed by atoms with Gasteiger partial charge in [-0.05, 0) is 47.2 Å². The second-order valence-corrected chi connectivity index (χ2v) is 5.64. The monoisotopic (exact) mass is 269 g/mol. The second-order valence-electron chi connectivity index (χ2n) is 5.64. The van der Waals surface area contributed by atoms with Crippen molar-refractivity contribution in [1.82, 2.24) is 0 Å². The Balaban J connectivity index is 1.97. The molecule has 0 heterocycles. The van der Waals surface area contributed by atoms with Crippen molar-refractivity contribution >= 4 is 5.69 Å². The van der Waals surface area contributed by atoms with Gasteiger partial charge in [-0.25, -0.2) is 0 Å². The lowest BCUT2D eigenvalue weighted by atomic mass is 9.90. The van der Waals surface area contributed by atoms with Crippen LogP contribution in [0.5, 0.6) is 5.75 Å². The zero-order valence-electron chi connectivity index (χ0n) is 12.5. The summed E-state index contributed by atoms with van der Waals surface area (Å²) in [4.78, 5) is 0.